The number of hydrogen-bond donors (Lipinski definition) is 1. The third-order valence-electron chi connectivity index (χ3n) is 7.43. The molecule has 1 N–H and O–H groups in total. The van der Waals surface area contributed by atoms with E-state index >= 15 is 0 Å². The molecule has 0 aliphatic heterocycles. The Morgan fingerprint density at radius 3 is 2.16 bits per heavy atom. The summed E-state index contributed by atoms with van der Waals surface area (Å²) in [6.45, 7) is 0. The maximum Gasteiger partial charge on any atom is 0.0783 e. The molecule has 0 saturated heterocycles. The van der Waals surface area contributed by atoms with Crippen molar-refractivity contribution in [2.45, 2.75) is 0 Å². The third-order valence-corrected chi connectivity index (χ3v) is 7.43. The van der Waals surface area contributed by atoms with Crippen LogP contribution in [-0.4, -0.2) is 9.55 Å². The predicted octanol–water partition coefficient (Wildman–Crippen LogP) is 9.75. The van der Waals surface area contributed by atoms with Gasteiger partial charge in [0.1, 0.15) is 0 Å². The summed E-state index contributed by atoms with van der Waals surface area (Å²) < 4.78 is 44.9. The van der Waals surface area contributed by atoms with Crippen molar-refractivity contribution < 1.29 is 6.85 Å². The number of fused-ring (bicyclic) bond motifs is 7. The standard InChI is InChI=1S/C36H24N2/c1-3-11-24(12-4-1)26-19-20-27(25-13-5-2-6-14-25)34(23-26)38-33-18-10-8-16-29(33)31-22-21-30-28-15-7-9-17-32(28)37-35(30)36(31)38/h1-23,37H/i2D,5D,6D,13D,14D. The summed E-state index contributed by atoms with van der Waals surface area (Å²) >= 11 is 0. The van der Waals surface area contributed by atoms with E-state index in [2.05, 4.69) is 52.0 Å². The second kappa shape index (κ2) is 8.22. The molecule has 0 atom stereocenters. The van der Waals surface area contributed by atoms with Gasteiger partial charge in [-0.3, -0.25) is 0 Å². The van der Waals surface area contributed by atoms with Crippen LogP contribution in [0.3, 0.4) is 0 Å². The van der Waals surface area contributed by atoms with Gasteiger partial charge >= 0.3 is 0 Å². The van der Waals surface area contributed by atoms with Crippen LogP contribution in [0.4, 0.5) is 0 Å². The monoisotopic (exact) mass is 489 g/mol. The highest BCUT2D eigenvalue weighted by Crippen LogP contribution is 2.41. The lowest BCUT2D eigenvalue weighted by Crippen LogP contribution is -1.98. The first kappa shape index (κ1) is 16.6. The van der Waals surface area contributed by atoms with Gasteiger partial charge in [-0.25, -0.2) is 0 Å². The lowest BCUT2D eigenvalue weighted by molar-refractivity contribution is 1.18. The van der Waals surface area contributed by atoms with E-state index in [1.54, 1.807) is 0 Å². The number of aromatic amines is 1. The Morgan fingerprint density at radius 1 is 0.553 bits per heavy atom. The van der Waals surface area contributed by atoms with Crippen LogP contribution in [0.5, 0.6) is 0 Å². The summed E-state index contributed by atoms with van der Waals surface area (Å²) in [5.74, 6) is 0. The summed E-state index contributed by atoms with van der Waals surface area (Å²) in [5, 5.41) is 4.35. The van der Waals surface area contributed by atoms with E-state index in [9.17, 15) is 0 Å². The van der Waals surface area contributed by atoms with Crippen molar-refractivity contribution in [2.24, 2.45) is 0 Å². The summed E-state index contributed by atoms with van der Waals surface area (Å²) in [6, 6.07) is 35.2. The molecule has 0 bridgehead atoms. The Hall–Kier alpha value is -5.08. The molecule has 2 heterocycles. The molecule has 178 valence electrons. The van der Waals surface area contributed by atoms with E-state index in [0.717, 1.165) is 60.4 Å². The van der Waals surface area contributed by atoms with Crippen LogP contribution in [0.2, 0.25) is 0 Å². The number of benzene rings is 6. The first-order valence-corrected chi connectivity index (χ1v) is 12.6. The zero-order valence-corrected chi connectivity index (χ0v) is 20.3. The first-order valence-electron chi connectivity index (χ1n) is 15.1. The van der Waals surface area contributed by atoms with Gasteiger partial charge in [-0.05, 0) is 34.9 Å². The Balaban J connectivity index is 1.58. The topological polar surface area (TPSA) is 20.7 Å². The van der Waals surface area contributed by atoms with E-state index in [4.69, 9.17) is 6.85 Å². The maximum absolute atomic E-state index is 8.85. The largest absolute Gasteiger partial charge is 0.353 e. The van der Waals surface area contributed by atoms with Crippen LogP contribution in [0.15, 0.2) is 139 Å². The second-order valence-corrected chi connectivity index (χ2v) is 9.51. The molecule has 0 aliphatic carbocycles. The molecule has 8 rings (SSSR count). The smallest absolute Gasteiger partial charge is 0.0783 e. The molecule has 6 aromatic carbocycles. The van der Waals surface area contributed by atoms with E-state index in [0.29, 0.717) is 5.56 Å². The summed E-state index contributed by atoms with van der Waals surface area (Å²) in [7, 11) is 0. The van der Waals surface area contributed by atoms with Gasteiger partial charge in [-0.1, -0.05) is 121 Å². The molecule has 2 aromatic heterocycles. The Bertz CT molecular complexity index is 2370. The number of hydrogen-bond acceptors (Lipinski definition) is 0. The second-order valence-electron chi connectivity index (χ2n) is 9.51. The van der Waals surface area contributed by atoms with Gasteiger partial charge in [0.15, 0.2) is 0 Å². The first-order chi connectivity index (χ1) is 20.9. The van der Waals surface area contributed by atoms with Gasteiger partial charge in [-0.2, -0.15) is 0 Å². The Morgan fingerprint density at radius 2 is 1.29 bits per heavy atom. The number of nitrogens with one attached hydrogen (secondary N) is 1. The normalized spacial score (nSPS) is 13.5. The van der Waals surface area contributed by atoms with E-state index in [1.165, 1.54) is 0 Å². The zero-order valence-electron chi connectivity index (χ0n) is 25.3. The van der Waals surface area contributed by atoms with Crippen LogP contribution < -0.4 is 0 Å². The van der Waals surface area contributed by atoms with E-state index in [1.807, 2.05) is 66.7 Å². The third kappa shape index (κ3) is 3.07. The minimum absolute atomic E-state index is 0.176. The highest BCUT2D eigenvalue weighted by molar-refractivity contribution is 6.23. The Kier molecular flexibility index (Phi) is 3.60. The van der Waals surface area contributed by atoms with Crippen molar-refractivity contribution in [3.05, 3.63) is 139 Å². The summed E-state index contributed by atoms with van der Waals surface area (Å²) in [6.07, 6.45) is 0. The molecular formula is C36H24N2. The molecule has 0 fully saturated rings. The van der Waals surface area contributed by atoms with Crippen LogP contribution in [0, 0.1) is 0 Å². The van der Waals surface area contributed by atoms with Crippen LogP contribution >= 0.6 is 0 Å². The lowest BCUT2D eigenvalue weighted by Gasteiger charge is -2.16. The molecule has 2 heteroatoms. The molecule has 0 spiro atoms. The zero-order chi connectivity index (χ0) is 29.4. The number of para-hydroxylation sites is 2. The molecule has 0 radical (unpaired) electrons. The van der Waals surface area contributed by atoms with Crippen molar-refractivity contribution in [3.8, 4) is 27.9 Å². The van der Waals surface area contributed by atoms with Gasteiger partial charge in [0.25, 0.3) is 0 Å². The van der Waals surface area contributed by atoms with Gasteiger partial charge < -0.3 is 9.55 Å². The fourth-order valence-electron chi connectivity index (χ4n) is 5.74. The highest BCUT2D eigenvalue weighted by Gasteiger charge is 2.20. The van der Waals surface area contributed by atoms with Crippen molar-refractivity contribution >= 4 is 43.6 Å². The molecule has 0 unspecified atom stereocenters. The quantitative estimate of drug-likeness (QED) is 0.255. The molecule has 38 heavy (non-hydrogen) atoms. The predicted molar refractivity (Wildman–Crippen MR) is 161 cm³/mol. The van der Waals surface area contributed by atoms with Crippen LogP contribution in [0.25, 0.3) is 71.6 Å². The van der Waals surface area contributed by atoms with Gasteiger partial charge in [0.2, 0.25) is 0 Å². The molecule has 0 saturated carbocycles. The van der Waals surface area contributed by atoms with Gasteiger partial charge in [0.05, 0.1) is 29.1 Å². The van der Waals surface area contributed by atoms with Crippen molar-refractivity contribution in [2.75, 3.05) is 0 Å². The molecule has 0 aliphatic rings. The van der Waals surface area contributed by atoms with E-state index in [-0.39, 0.29) is 29.7 Å². The number of H-pyrrole nitrogens is 1. The summed E-state index contributed by atoms with van der Waals surface area (Å²) in [4.78, 5) is 3.67. The maximum atomic E-state index is 8.85. The fourth-order valence-corrected chi connectivity index (χ4v) is 5.74. The number of nitrogens with zero attached hydrogens (tertiary/aromatic N) is 1. The van der Waals surface area contributed by atoms with Gasteiger partial charge in [0, 0.05) is 32.6 Å². The van der Waals surface area contributed by atoms with Crippen LogP contribution in [-0.2, 0) is 0 Å². The van der Waals surface area contributed by atoms with Crippen molar-refractivity contribution in [1.29, 1.82) is 0 Å². The minimum Gasteiger partial charge on any atom is -0.353 e. The minimum atomic E-state index is -0.405. The number of rotatable bonds is 3. The van der Waals surface area contributed by atoms with Gasteiger partial charge in [-0.15, -0.1) is 0 Å². The van der Waals surface area contributed by atoms with E-state index < -0.39 is 6.04 Å². The summed E-state index contributed by atoms with van der Waals surface area (Å²) in [5.41, 5.74) is 7.39. The fraction of sp³-hybridized carbons (Fsp3) is 0. The molecule has 8 aromatic rings. The van der Waals surface area contributed by atoms with Crippen molar-refractivity contribution in [3.63, 3.8) is 0 Å². The lowest BCUT2D eigenvalue weighted by atomic mass is 9.98. The number of aromatic nitrogens is 2. The average Bonchev–Trinajstić information content (AvgIpc) is 3.59. The average molecular weight is 490 g/mol. The van der Waals surface area contributed by atoms with Crippen molar-refractivity contribution in [1.82, 2.24) is 9.55 Å². The Labute approximate surface area is 227 Å². The molecule has 0 amide bonds. The SMILES string of the molecule is [2H]c1c([2H])c([2H])c(-c2ccc(-c3ccccc3)cc2-n2c3ccccc3c3ccc4c5ccccc5[nH]c4c32)c([2H])c1[2H]. The highest BCUT2D eigenvalue weighted by atomic mass is 15.0. The molecule has 2 nitrogen and oxygen atoms in total. The molecular weight excluding hydrogens is 460 g/mol. The van der Waals surface area contributed by atoms with Crippen LogP contribution in [0.1, 0.15) is 6.85 Å².